The van der Waals surface area contributed by atoms with Gasteiger partial charge in [0.25, 0.3) is 0 Å². The number of hydrogen-bond acceptors (Lipinski definition) is 4. The van der Waals surface area contributed by atoms with Crippen molar-refractivity contribution in [2.24, 2.45) is 0 Å². The normalized spacial score (nSPS) is 10.2. The standard InChI is InChI=1S/C18H11F2N3O/c1-24-18-14(10-21)13(11-4-6-12(19)7-5-11)9-16(23-18)17-15(20)3-2-8-22-17/h2-9H,1H3. The molecule has 6 heteroatoms. The van der Waals surface area contributed by atoms with E-state index in [1.165, 1.54) is 49.7 Å². The molecule has 2 aromatic heterocycles. The van der Waals surface area contributed by atoms with Crippen molar-refractivity contribution in [2.45, 2.75) is 0 Å². The van der Waals surface area contributed by atoms with Crippen LogP contribution in [0.3, 0.4) is 0 Å². The van der Waals surface area contributed by atoms with Gasteiger partial charge in [0.2, 0.25) is 5.88 Å². The molecular formula is C18H11F2N3O. The Labute approximate surface area is 137 Å². The Hall–Kier alpha value is -3.33. The Balaban J connectivity index is 2.28. The number of methoxy groups -OCH3 is 1. The van der Waals surface area contributed by atoms with Crippen molar-refractivity contribution in [1.82, 2.24) is 9.97 Å². The van der Waals surface area contributed by atoms with Gasteiger partial charge in [-0.3, -0.25) is 4.98 Å². The lowest BCUT2D eigenvalue weighted by Gasteiger charge is -2.11. The average Bonchev–Trinajstić information content (AvgIpc) is 2.61. The summed E-state index contributed by atoms with van der Waals surface area (Å²) in [6.07, 6.45) is 1.45. The van der Waals surface area contributed by atoms with Crippen LogP contribution < -0.4 is 4.74 Å². The lowest BCUT2D eigenvalue weighted by Crippen LogP contribution is -1.99. The molecule has 0 radical (unpaired) electrons. The van der Waals surface area contributed by atoms with Gasteiger partial charge in [-0.2, -0.15) is 5.26 Å². The predicted molar refractivity (Wildman–Crippen MR) is 84.1 cm³/mol. The van der Waals surface area contributed by atoms with Crippen LogP contribution in [0.2, 0.25) is 0 Å². The Morgan fingerprint density at radius 2 is 1.88 bits per heavy atom. The second-order valence-corrected chi connectivity index (χ2v) is 4.89. The molecular weight excluding hydrogens is 312 g/mol. The second-order valence-electron chi connectivity index (χ2n) is 4.89. The average molecular weight is 323 g/mol. The molecule has 0 N–H and O–H groups in total. The van der Waals surface area contributed by atoms with Gasteiger partial charge in [-0.15, -0.1) is 0 Å². The van der Waals surface area contributed by atoms with Crippen LogP contribution in [0.5, 0.6) is 5.88 Å². The fraction of sp³-hybridized carbons (Fsp3) is 0.0556. The summed E-state index contributed by atoms with van der Waals surface area (Å²) >= 11 is 0. The number of aromatic nitrogens is 2. The molecule has 0 atom stereocenters. The van der Waals surface area contributed by atoms with E-state index in [1.807, 2.05) is 6.07 Å². The summed E-state index contributed by atoms with van der Waals surface area (Å²) in [5.74, 6) is -0.879. The number of halogens is 2. The van der Waals surface area contributed by atoms with Crippen molar-refractivity contribution in [1.29, 1.82) is 5.26 Å². The minimum absolute atomic E-state index is 0.0450. The highest BCUT2D eigenvalue weighted by molar-refractivity contribution is 5.77. The zero-order valence-electron chi connectivity index (χ0n) is 12.6. The van der Waals surface area contributed by atoms with E-state index in [9.17, 15) is 14.0 Å². The van der Waals surface area contributed by atoms with Crippen LogP contribution in [0.25, 0.3) is 22.5 Å². The number of rotatable bonds is 3. The zero-order valence-corrected chi connectivity index (χ0v) is 12.6. The van der Waals surface area contributed by atoms with Crippen molar-refractivity contribution in [3.05, 3.63) is 65.9 Å². The summed E-state index contributed by atoms with van der Waals surface area (Å²) in [4.78, 5) is 8.17. The van der Waals surface area contributed by atoms with Gasteiger partial charge in [0.15, 0.2) is 5.82 Å². The highest BCUT2D eigenvalue weighted by atomic mass is 19.1. The van der Waals surface area contributed by atoms with Crippen LogP contribution in [0.1, 0.15) is 5.56 Å². The summed E-state index contributed by atoms with van der Waals surface area (Å²) in [7, 11) is 1.37. The van der Waals surface area contributed by atoms with E-state index in [1.54, 1.807) is 6.07 Å². The Morgan fingerprint density at radius 3 is 2.50 bits per heavy atom. The first-order valence-corrected chi connectivity index (χ1v) is 7.00. The second kappa shape index (κ2) is 6.42. The lowest BCUT2D eigenvalue weighted by atomic mass is 10.00. The van der Waals surface area contributed by atoms with Crippen molar-refractivity contribution in [2.75, 3.05) is 7.11 Å². The predicted octanol–water partition coefficient (Wildman–Crippen LogP) is 3.97. The van der Waals surface area contributed by atoms with Crippen molar-refractivity contribution in [3.63, 3.8) is 0 Å². The molecule has 0 bridgehead atoms. The summed E-state index contributed by atoms with van der Waals surface area (Å²) in [6.45, 7) is 0. The highest BCUT2D eigenvalue weighted by Crippen LogP contribution is 2.33. The molecule has 3 rings (SSSR count). The maximum absolute atomic E-state index is 14.0. The minimum atomic E-state index is -0.540. The smallest absolute Gasteiger partial charge is 0.232 e. The number of nitriles is 1. The number of pyridine rings is 2. The van der Waals surface area contributed by atoms with Gasteiger partial charge in [0.1, 0.15) is 23.1 Å². The van der Waals surface area contributed by atoms with Crippen LogP contribution in [0.15, 0.2) is 48.7 Å². The van der Waals surface area contributed by atoms with Gasteiger partial charge in [0.05, 0.1) is 12.8 Å². The van der Waals surface area contributed by atoms with E-state index in [0.717, 1.165) is 0 Å². The molecule has 24 heavy (non-hydrogen) atoms. The molecule has 3 aromatic rings. The zero-order chi connectivity index (χ0) is 17.1. The van der Waals surface area contributed by atoms with Gasteiger partial charge in [-0.05, 0) is 35.9 Å². The van der Waals surface area contributed by atoms with Crippen molar-refractivity contribution in [3.8, 4) is 34.5 Å². The summed E-state index contributed by atoms with van der Waals surface area (Å²) in [6, 6.07) is 11.9. The molecule has 2 heterocycles. The minimum Gasteiger partial charge on any atom is -0.480 e. The van der Waals surface area contributed by atoms with Crippen molar-refractivity contribution < 1.29 is 13.5 Å². The SMILES string of the molecule is COc1nc(-c2ncccc2F)cc(-c2ccc(F)cc2)c1C#N. The lowest BCUT2D eigenvalue weighted by molar-refractivity contribution is 0.397. The van der Waals surface area contributed by atoms with E-state index in [0.29, 0.717) is 11.1 Å². The maximum Gasteiger partial charge on any atom is 0.232 e. The van der Waals surface area contributed by atoms with Crippen LogP contribution in [0, 0.1) is 23.0 Å². The maximum atomic E-state index is 14.0. The molecule has 0 amide bonds. The van der Waals surface area contributed by atoms with Gasteiger partial charge in [-0.1, -0.05) is 12.1 Å². The van der Waals surface area contributed by atoms with E-state index >= 15 is 0 Å². The first-order valence-electron chi connectivity index (χ1n) is 7.00. The van der Waals surface area contributed by atoms with Crippen LogP contribution in [-0.2, 0) is 0 Å². The first kappa shape index (κ1) is 15.6. The van der Waals surface area contributed by atoms with Crippen LogP contribution in [0.4, 0.5) is 8.78 Å². The van der Waals surface area contributed by atoms with Crippen LogP contribution >= 0.6 is 0 Å². The fourth-order valence-electron chi connectivity index (χ4n) is 2.33. The quantitative estimate of drug-likeness (QED) is 0.732. The highest BCUT2D eigenvalue weighted by Gasteiger charge is 2.18. The van der Waals surface area contributed by atoms with Gasteiger partial charge in [-0.25, -0.2) is 13.8 Å². The molecule has 0 aliphatic rings. The number of hydrogen-bond donors (Lipinski definition) is 0. The van der Waals surface area contributed by atoms with Gasteiger partial charge < -0.3 is 4.74 Å². The van der Waals surface area contributed by atoms with E-state index < -0.39 is 11.6 Å². The third-order valence-corrected chi connectivity index (χ3v) is 3.45. The molecule has 0 aliphatic heterocycles. The Morgan fingerprint density at radius 1 is 1.12 bits per heavy atom. The Bertz CT molecular complexity index is 934. The molecule has 0 spiro atoms. The monoisotopic (exact) mass is 323 g/mol. The Kier molecular flexibility index (Phi) is 4.17. The molecule has 0 unspecified atom stereocenters. The molecule has 0 saturated heterocycles. The number of benzene rings is 1. The summed E-state index contributed by atoms with van der Waals surface area (Å²) in [5.41, 5.74) is 1.51. The number of ether oxygens (including phenoxy) is 1. The third-order valence-electron chi connectivity index (χ3n) is 3.45. The topological polar surface area (TPSA) is 58.8 Å². The molecule has 0 saturated carbocycles. The van der Waals surface area contributed by atoms with Gasteiger partial charge >= 0.3 is 0 Å². The van der Waals surface area contributed by atoms with E-state index in [2.05, 4.69) is 9.97 Å². The first-order chi connectivity index (χ1) is 11.6. The number of nitrogens with zero attached hydrogens (tertiary/aromatic N) is 3. The summed E-state index contributed by atoms with van der Waals surface area (Å²) in [5, 5.41) is 9.43. The van der Waals surface area contributed by atoms with Crippen molar-refractivity contribution >= 4 is 0 Å². The molecule has 1 aromatic carbocycles. The third kappa shape index (κ3) is 2.79. The van der Waals surface area contributed by atoms with Gasteiger partial charge in [0, 0.05) is 11.8 Å². The van der Waals surface area contributed by atoms with Crippen LogP contribution in [-0.4, -0.2) is 17.1 Å². The summed E-state index contributed by atoms with van der Waals surface area (Å²) < 4.78 is 32.4. The molecule has 0 fully saturated rings. The largest absolute Gasteiger partial charge is 0.480 e. The molecule has 4 nitrogen and oxygen atoms in total. The molecule has 0 aliphatic carbocycles. The fourth-order valence-corrected chi connectivity index (χ4v) is 2.33. The van der Waals surface area contributed by atoms with E-state index in [-0.39, 0.29) is 22.8 Å². The van der Waals surface area contributed by atoms with E-state index in [4.69, 9.17) is 4.74 Å². The molecule has 118 valence electrons.